The Morgan fingerprint density at radius 2 is 1.68 bits per heavy atom. The van der Waals surface area contributed by atoms with Crippen molar-refractivity contribution in [2.45, 2.75) is 31.6 Å². The summed E-state index contributed by atoms with van der Waals surface area (Å²) in [5, 5.41) is 2.68. The molecule has 7 heteroatoms. The summed E-state index contributed by atoms with van der Waals surface area (Å²) < 4.78 is 41.0. The van der Waals surface area contributed by atoms with Gasteiger partial charge in [-0.2, -0.15) is 4.31 Å². The Morgan fingerprint density at radius 1 is 1.07 bits per heavy atom. The highest BCUT2D eigenvalue weighted by atomic mass is 32.2. The molecule has 3 rings (SSSR count). The first kappa shape index (κ1) is 20.5. The third-order valence-electron chi connectivity index (χ3n) is 4.92. The minimum atomic E-state index is -3.56. The number of hydrogen-bond donors (Lipinski definition) is 1. The molecule has 150 valence electrons. The van der Waals surface area contributed by atoms with Gasteiger partial charge in [-0.1, -0.05) is 32.0 Å². The number of carbonyl (C=O) groups excluding carboxylic acids is 1. The summed E-state index contributed by atoms with van der Waals surface area (Å²) in [6.07, 6.45) is 0.940. The third kappa shape index (κ3) is 4.77. The lowest BCUT2D eigenvalue weighted by molar-refractivity contribution is -0.115. The molecule has 2 aromatic carbocycles. The van der Waals surface area contributed by atoms with Crippen molar-refractivity contribution in [3.63, 3.8) is 0 Å². The van der Waals surface area contributed by atoms with Gasteiger partial charge in [-0.05, 0) is 54.2 Å². The van der Waals surface area contributed by atoms with Gasteiger partial charge >= 0.3 is 0 Å². The van der Waals surface area contributed by atoms with Crippen LogP contribution < -0.4 is 5.32 Å². The summed E-state index contributed by atoms with van der Waals surface area (Å²) in [4.78, 5) is 12.3. The lowest BCUT2D eigenvalue weighted by Gasteiger charge is -2.34. The molecule has 1 aliphatic heterocycles. The number of nitrogens with zero attached hydrogens (tertiary/aromatic N) is 1. The van der Waals surface area contributed by atoms with E-state index in [4.69, 9.17) is 0 Å². The lowest BCUT2D eigenvalue weighted by Crippen LogP contribution is -2.42. The van der Waals surface area contributed by atoms with E-state index in [2.05, 4.69) is 19.2 Å². The van der Waals surface area contributed by atoms with Crippen LogP contribution in [0.3, 0.4) is 0 Å². The number of anilines is 1. The monoisotopic (exact) mass is 404 g/mol. The number of halogens is 1. The van der Waals surface area contributed by atoms with Crippen LogP contribution in [0, 0.1) is 17.7 Å². The van der Waals surface area contributed by atoms with Crippen LogP contribution in [-0.2, 0) is 21.2 Å². The fraction of sp³-hybridized carbons (Fsp3) is 0.381. The minimum absolute atomic E-state index is 0.0870. The molecule has 2 aromatic rings. The highest BCUT2D eigenvalue weighted by molar-refractivity contribution is 7.89. The maximum Gasteiger partial charge on any atom is 0.243 e. The normalized spacial score (nSPS) is 20.7. The van der Waals surface area contributed by atoms with Crippen molar-refractivity contribution in [1.29, 1.82) is 0 Å². The molecule has 0 aromatic heterocycles. The van der Waals surface area contributed by atoms with E-state index in [0.29, 0.717) is 36.2 Å². The van der Waals surface area contributed by atoms with E-state index in [1.54, 1.807) is 30.3 Å². The summed E-state index contributed by atoms with van der Waals surface area (Å²) in [5.41, 5.74) is 0.785. The number of piperidine rings is 1. The van der Waals surface area contributed by atoms with Gasteiger partial charge in [0.2, 0.25) is 15.9 Å². The predicted molar refractivity (Wildman–Crippen MR) is 107 cm³/mol. The highest BCUT2D eigenvalue weighted by Gasteiger charge is 2.31. The predicted octanol–water partition coefficient (Wildman–Crippen LogP) is 3.67. The van der Waals surface area contributed by atoms with E-state index in [0.717, 1.165) is 6.42 Å². The van der Waals surface area contributed by atoms with Crippen LogP contribution in [0.5, 0.6) is 0 Å². The second-order valence-corrected chi connectivity index (χ2v) is 9.55. The quantitative estimate of drug-likeness (QED) is 0.827. The molecule has 1 fully saturated rings. The average molecular weight is 405 g/mol. The summed E-state index contributed by atoms with van der Waals surface area (Å²) in [6.45, 7) is 5.17. The van der Waals surface area contributed by atoms with Crippen molar-refractivity contribution >= 4 is 21.6 Å². The topological polar surface area (TPSA) is 66.5 Å². The molecule has 0 spiro atoms. The first-order valence-corrected chi connectivity index (χ1v) is 10.8. The van der Waals surface area contributed by atoms with Gasteiger partial charge in [-0.3, -0.25) is 4.79 Å². The van der Waals surface area contributed by atoms with E-state index >= 15 is 0 Å². The zero-order valence-corrected chi connectivity index (χ0v) is 16.9. The van der Waals surface area contributed by atoms with Crippen LogP contribution in [0.25, 0.3) is 0 Å². The minimum Gasteiger partial charge on any atom is -0.326 e. The number of sulfonamides is 1. The molecule has 28 heavy (non-hydrogen) atoms. The van der Waals surface area contributed by atoms with Gasteiger partial charge in [0, 0.05) is 18.8 Å². The largest absolute Gasteiger partial charge is 0.326 e. The van der Waals surface area contributed by atoms with Crippen LogP contribution in [0.4, 0.5) is 10.1 Å². The number of hydrogen-bond acceptors (Lipinski definition) is 3. The van der Waals surface area contributed by atoms with Crippen molar-refractivity contribution in [2.24, 2.45) is 11.8 Å². The molecule has 0 unspecified atom stereocenters. The van der Waals surface area contributed by atoms with Gasteiger partial charge in [0.15, 0.2) is 0 Å². The van der Waals surface area contributed by atoms with E-state index in [-0.39, 0.29) is 17.2 Å². The molecule has 0 radical (unpaired) electrons. The zero-order chi connectivity index (χ0) is 20.3. The Hall–Kier alpha value is -2.25. The SMILES string of the molecule is C[C@H]1C[C@H](C)CN(S(=O)(=O)c2ccc(NC(=O)Cc3ccccc3F)cc2)C1. The highest BCUT2D eigenvalue weighted by Crippen LogP contribution is 2.27. The van der Waals surface area contributed by atoms with Crippen LogP contribution in [0.2, 0.25) is 0 Å². The first-order chi connectivity index (χ1) is 13.3. The van der Waals surface area contributed by atoms with Gasteiger partial charge in [0.05, 0.1) is 11.3 Å². The van der Waals surface area contributed by atoms with Gasteiger partial charge in [0.25, 0.3) is 0 Å². The smallest absolute Gasteiger partial charge is 0.243 e. The van der Waals surface area contributed by atoms with Crippen LogP contribution in [0.15, 0.2) is 53.4 Å². The molecule has 1 amide bonds. The molecule has 1 heterocycles. The van der Waals surface area contributed by atoms with Crippen LogP contribution in [0.1, 0.15) is 25.8 Å². The molecule has 2 atom stereocenters. The molecule has 1 N–H and O–H groups in total. The number of carbonyl (C=O) groups is 1. The average Bonchev–Trinajstić information content (AvgIpc) is 2.63. The molecular formula is C21H25FN2O3S. The van der Waals surface area contributed by atoms with Crippen molar-refractivity contribution in [1.82, 2.24) is 4.31 Å². The maximum absolute atomic E-state index is 13.7. The number of benzene rings is 2. The number of rotatable bonds is 5. The lowest BCUT2D eigenvalue weighted by atomic mass is 9.94. The van der Waals surface area contributed by atoms with Crippen molar-refractivity contribution in [3.8, 4) is 0 Å². The van der Waals surface area contributed by atoms with E-state index in [1.807, 2.05) is 0 Å². The van der Waals surface area contributed by atoms with Gasteiger partial charge in [-0.15, -0.1) is 0 Å². The van der Waals surface area contributed by atoms with Crippen molar-refractivity contribution in [2.75, 3.05) is 18.4 Å². The summed E-state index contributed by atoms with van der Waals surface area (Å²) in [5.74, 6) is -0.130. The fourth-order valence-corrected chi connectivity index (χ4v) is 5.36. The summed E-state index contributed by atoms with van der Waals surface area (Å²) in [7, 11) is -3.56. The Kier molecular flexibility index (Phi) is 6.15. The molecule has 0 bridgehead atoms. The van der Waals surface area contributed by atoms with Gasteiger partial charge in [-0.25, -0.2) is 12.8 Å². The van der Waals surface area contributed by atoms with Crippen molar-refractivity contribution in [3.05, 3.63) is 59.9 Å². The Morgan fingerprint density at radius 3 is 2.29 bits per heavy atom. The summed E-state index contributed by atoms with van der Waals surface area (Å²) >= 11 is 0. The Balaban J connectivity index is 1.67. The second kappa shape index (κ2) is 8.41. The maximum atomic E-state index is 13.7. The van der Waals surface area contributed by atoms with E-state index in [1.165, 1.54) is 22.5 Å². The van der Waals surface area contributed by atoms with Crippen LogP contribution in [-0.4, -0.2) is 31.7 Å². The van der Waals surface area contributed by atoms with E-state index < -0.39 is 15.8 Å². The second-order valence-electron chi connectivity index (χ2n) is 7.61. The number of nitrogens with one attached hydrogen (secondary N) is 1. The van der Waals surface area contributed by atoms with Crippen molar-refractivity contribution < 1.29 is 17.6 Å². The Labute approximate surface area is 165 Å². The Bertz CT molecular complexity index is 934. The van der Waals surface area contributed by atoms with E-state index in [9.17, 15) is 17.6 Å². The molecule has 0 saturated carbocycles. The third-order valence-corrected chi connectivity index (χ3v) is 6.77. The van der Waals surface area contributed by atoms with Crippen LogP contribution >= 0.6 is 0 Å². The molecule has 1 aliphatic rings. The zero-order valence-electron chi connectivity index (χ0n) is 16.1. The molecule has 5 nitrogen and oxygen atoms in total. The summed E-state index contributed by atoms with van der Waals surface area (Å²) in [6, 6.07) is 12.2. The standard InChI is InChI=1S/C21H25FN2O3S/c1-15-11-16(2)14-24(13-15)28(26,27)19-9-7-18(8-10-19)23-21(25)12-17-5-3-4-6-20(17)22/h3-10,15-16H,11-14H2,1-2H3,(H,23,25)/t15-,16-/m0/s1. The fourth-order valence-electron chi connectivity index (χ4n) is 3.68. The number of amides is 1. The molecule has 0 aliphatic carbocycles. The molecule has 1 saturated heterocycles. The first-order valence-electron chi connectivity index (χ1n) is 9.39. The van der Waals surface area contributed by atoms with Gasteiger partial charge in [0.1, 0.15) is 5.82 Å². The molecular weight excluding hydrogens is 379 g/mol. The van der Waals surface area contributed by atoms with Gasteiger partial charge < -0.3 is 5.32 Å².